The average molecular weight is 427 g/mol. The molecule has 0 atom stereocenters. The molecular formula is C25H31ClN2O2. The van der Waals surface area contributed by atoms with Gasteiger partial charge in [-0.3, -0.25) is 9.59 Å². The number of hydrogen-bond acceptors (Lipinski definition) is 2. The van der Waals surface area contributed by atoms with Crippen LogP contribution in [0.3, 0.4) is 0 Å². The second kappa shape index (κ2) is 7.73. The van der Waals surface area contributed by atoms with Crippen molar-refractivity contribution >= 4 is 34.8 Å². The molecule has 160 valence electrons. The maximum atomic E-state index is 11.3. The Labute approximate surface area is 184 Å². The monoisotopic (exact) mass is 426 g/mol. The molecule has 2 aliphatic heterocycles. The van der Waals surface area contributed by atoms with Gasteiger partial charge < -0.3 is 10.6 Å². The molecule has 0 bridgehead atoms. The minimum atomic E-state index is 0.0259. The highest BCUT2D eigenvalue weighted by molar-refractivity contribution is 6.34. The van der Waals surface area contributed by atoms with Crippen LogP contribution in [0.25, 0.3) is 0 Å². The number of amides is 2. The number of carbonyl (C=O) groups excluding carboxylic acids is 2. The van der Waals surface area contributed by atoms with Crippen LogP contribution in [-0.4, -0.2) is 11.8 Å². The maximum Gasteiger partial charge on any atom is 0.228 e. The fourth-order valence-corrected chi connectivity index (χ4v) is 3.99. The molecular weight excluding hydrogens is 396 g/mol. The van der Waals surface area contributed by atoms with Gasteiger partial charge in [-0.15, -0.1) is 0 Å². The summed E-state index contributed by atoms with van der Waals surface area (Å²) in [4.78, 5) is 22.5. The van der Waals surface area contributed by atoms with Crippen LogP contribution in [0.2, 0.25) is 5.02 Å². The van der Waals surface area contributed by atoms with E-state index >= 15 is 0 Å². The number of nitrogens with one attached hydrogen (secondary N) is 2. The molecule has 2 N–H and O–H groups in total. The molecule has 30 heavy (non-hydrogen) atoms. The van der Waals surface area contributed by atoms with Gasteiger partial charge in [0.05, 0.1) is 23.6 Å². The van der Waals surface area contributed by atoms with E-state index in [-0.39, 0.29) is 22.6 Å². The van der Waals surface area contributed by atoms with E-state index in [1.807, 2.05) is 6.07 Å². The molecule has 2 heterocycles. The van der Waals surface area contributed by atoms with Crippen molar-refractivity contribution in [3.8, 4) is 0 Å². The highest BCUT2D eigenvalue weighted by Crippen LogP contribution is 2.36. The van der Waals surface area contributed by atoms with Gasteiger partial charge in [-0.05, 0) is 51.6 Å². The van der Waals surface area contributed by atoms with Gasteiger partial charge in [0.1, 0.15) is 0 Å². The quantitative estimate of drug-likeness (QED) is 0.549. The van der Waals surface area contributed by atoms with E-state index in [1.165, 1.54) is 16.7 Å². The van der Waals surface area contributed by atoms with Crippen LogP contribution in [0.15, 0.2) is 24.3 Å². The maximum absolute atomic E-state index is 11.3. The zero-order chi connectivity index (χ0) is 22.4. The Hall–Kier alpha value is -2.33. The molecule has 4 rings (SSSR count). The summed E-state index contributed by atoms with van der Waals surface area (Å²) < 4.78 is 0. The van der Waals surface area contributed by atoms with Crippen LogP contribution in [0.5, 0.6) is 0 Å². The fraction of sp³-hybridized carbons (Fsp3) is 0.440. The van der Waals surface area contributed by atoms with E-state index < -0.39 is 0 Å². The van der Waals surface area contributed by atoms with E-state index in [2.05, 4.69) is 77.3 Å². The first-order chi connectivity index (χ1) is 13.8. The summed E-state index contributed by atoms with van der Waals surface area (Å²) in [5, 5.41) is 6.32. The van der Waals surface area contributed by atoms with Crippen molar-refractivity contribution in [2.24, 2.45) is 0 Å². The van der Waals surface area contributed by atoms with E-state index in [1.54, 1.807) is 0 Å². The Morgan fingerprint density at radius 3 is 1.67 bits per heavy atom. The number of hydrogen-bond donors (Lipinski definition) is 2. The zero-order valence-electron chi connectivity index (χ0n) is 18.9. The van der Waals surface area contributed by atoms with Crippen molar-refractivity contribution in [1.29, 1.82) is 0 Å². The molecule has 2 aromatic carbocycles. The number of aryl methyl sites for hydroxylation is 1. The van der Waals surface area contributed by atoms with E-state index in [4.69, 9.17) is 11.6 Å². The van der Waals surface area contributed by atoms with Crippen LogP contribution in [0.4, 0.5) is 11.4 Å². The molecule has 0 saturated carbocycles. The van der Waals surface area contributed by atoms with Gasteiger partial charge in [-0.25, -0.2) is 0 Å². The third kappa shape index (κ3) is 4.70. The molecule has 0 aliphatic carbocycles. The topological polar surface area (TPSA) is 58.2 Å². The summed E-state index contributed by atoms with van der Waals surface area (Å²) in [6.45, 7) is 15.0. The lowest BCUT2D eigenvalue weighted by Crippen LogP contribution is -2.11. The Morgan fingerprint density at radius 2 is 1.17 bits per heavy atom. The summed E-state index contributed by atoms with van der Waals surface area (Å²) >= 11 is 6.13. The van der Waals surface area contributed by atoms with Crippen LogP contribution in [-0.2, 0) is 33.3 Å². The molecule has 0 unspecified atom stereocenters. The van der Waals surface area contributed by atoms with Crippen molar-refractivity contribution < 1.29 is 9.59 Å². The Balaban J connectivity index is 0.000000171. The molecule has 4 nitrogen and oxygen atoms in total. The van der Waals surface area contributed by atoms with Crippen LogP contribution < -0.4 is 10.6 Å². The number of fused-ring (bicyclic) bond motifs is 2. The van der Waals surface area contributed by atoms with Gasteiger partial charge in [-0.1, -0.05) is 71.3 Å². The van der Waals surface area contributed by atoms with Gasteiger partial charge >= 0.3 is 0 Å². The molecule has 0 fully saturated rings. The number of rotatable bonds is 0. The molecule has 0 radical (unpaired) electrons. The number of halogens is 1. The predicted octanol–water partition coefficient (Wildman–Crippen LogP) is 5.92. The SMILES string of the molecule is CC(C)(C)c1cc(Cl)c2c(c1)CC(=O)N2.Cc1cc(C(C)(C)C)cc2c1NC(=O)C2. The molecule has 0 spiro atoms. The highest BCUT2D eigenvalue weighted by Gasteiger charge is 2.25. The first kappa shape index (κ1) is 22.4. The number of carbonyl (C=O) groups is 2. The predicted molar refractivity (Wildman–Crippen MR) is 125 cm³/mol. The van der Waals surface area contributed by atoms with Crippen molar-refractivity contribution in [3.63, 3.8) is 0 Å². The molecule has 2 aliphatic rings. The average Bonchev–Trinajstić information content (AvgIpc) is 3.15. The third-order valence-electron chi connectivity index (χ3n) is 5.55. The van der Waals surface area contributed by atoms with E-state index in [9.17, 15) is 9.59 Å². The summed E-state index contributed by atoms with van der Waals surface area (Å²) in [5.41, 5.74) is 7.81. The van der Waals surface area contributed by atoms with Gasteiger partial charge in [0, 0.05) is 5.69 Å². The van der Waals surface area contributed by atoms with E-state index in [0.29, 0.717) is 17.9 Å². The second-order valence-electron chi connectivity index (χ2n) is 10.3. The molecule has 0 saturated heterocycles. The lowest BCUT2D eigenvalue weighted by atomic mass is 9.84. The number of benzene rings is 2. The molecule has 2 aromatic rings. The smallest absolute Gasteiger partial charge is 0.228 e. The van der Waals surface area contributed by atoms with Gasteiger partial charge in [0.15, 0.2) is 0 Å². The fourth-order valence-electron chi connectivity index (χ4n) is 3.70. The van der Waals surface area contributed by atoms with Crippen LogP contribution >= 0.6 is 11.6 Å². The largest absolute Gasteiger partial charge is 0.325 e. The molecule has 5 heteroatoms. The normalized spacial score (nSPS) is 15.1. The summed E-state index contributed by atoms with van der Waals surface area (Å²) in [6, 6.07) is 8.33. The van der Waals surface area contributed by atoms with Crippen LogP contribution in [0, 0.1) is 6.92 Å². The zero-order valence-corrected chi connectivity index (χ0v) is 19.7. The minimum Gasteiger partial charge on any atom is -0.325 e. The van der Waals surface area contributed by atoms with Crippen molar-refractivity contribution in [2.75, 3.05) is 10.6 Å². The van der Waals surface area contributed by atoms with Crippen molar-refractivity contribution in [2.45, 2.75) is 72.1 Å². The second-order valence-corrected chi connectivity index (χ2v) is 10.7. The minimum absolute atomic E-state index is 0.0259. The summed E-state index contributed by atoms with van der Waals surface area (Å²) in [7, 11) is 0. The summed E-state index contributed by atoms with van der Waals surface area (Å²) in [5.74, 6) is 0.136. The van der Waals surface area contributed by atoms with E-state index in [0.717, 1.165) is 22.5 Å². The molecule has 0 aromatic heterocycles. The lowest BCUT2D eigenvalue weighted by Gasteiger charge is -2.21. The molecule has 2 amide bonds. The van der Waals surface area contributed by atoms with Gasteiger partial charge in [0.25, 0.3) is 0 Å². The van der Waals surface area contributed by atoms with Crippen LogP contribution in [0.1, 0.15) is 69.4 Å². The van der Waals surface area contributed by atoms with Gasteiger partial charge in [-0.2, -0.15) is 0 Å². The van der Waals surface area contributed by atoms with Crippen molar-refractivity contribution in [3.05, 3.63) is 57.1 Å². The first-order valence-electron chi connectivity index (χ1n) is 10.3. The standard InChI is InChI=1S/C13H17NO.C12H14ClNO/c1-8-5-10(13(2,3)4)6-9-7-11(15)14-12(8)9;1-12(2,3)8-4-7-5-10(15)14-11(7)9(13)6-8/h5-6H,7H2,1-4H3,(H,14,15);4,6H,5H2,1-3H3,(H,14,15). The first-order valence-corrected chi connectivity index (χ1v) is 10.7. The van der Waals surface area contributed by atoms with Gasteiger partial charge in [0.2, 0.25) is 11.8 Å². The van der Waals surface area contributed by atoms with Crippen molar-refractivity contribution in [1.82, 2.24) is 0 Å². The Bertz CT molecular complexity index is 943. The third-order valence-corrected chi connectivity index (χ3v) is 5.85. The Morgan fingerprint density at radius 1 is 0.733 bits per heavy atom. The summed E-state index contributed by atoms with van der Waals surface area (Å²) in [6.07, 6.45) is 0.971. The number of anilines is 2. The highest BCUT2D eigenvalue weighted by atomic mass is 35.5. The lowest BCUT2D eigenvalue weighted by molar-refractivity contribution is -0.115. The Kier molecular flexibility index (Phi) is 5.76.